The number of amides is 1. The SMILES string of the molecule is Cc1ccc(-n2nnc(C(=O)NCCOc3c(C)cccc3C)c2C)cc1. The van der Waals surface area contributed by atoms with Crippen LogP contribution in [-0.2, 0) is 0 Å². The van der Waals surface area contributed by atoms with Crippen LogP contribution in [0.5, 0.6) is 5.75 Å². The van der Waals surface area contributed by atoms with Crippen LogP contribution in [-0.4, -0.2) is 34.1 Å². The molecule has 6 heteroatoms. The molecule has 0 aliphatic rings. The zero-order valence-corrected chi connectivity index (χ0v) is 16.1. The molecule has 1 N–H and O–H groups in total. The predicted molar refractivity (Wildman–Crippen MR) is 105 cm³/mol. The molecule has 0 saturated carbocycles. The summed E-state index contributed by atoms with van der Waals surface area (Å²) in [6.45, 7) is 8.66. The van der Waals surface area contributed by atoms with Crippen LogP contribution in [0.2, 0.25) is 0 Å². The Labute approximate surface area is 159 Å². The van der Waals surface area contributed by atoms with E-state index in [0.717, 1.165) is 22.6 Å². The fraction of sp³-hybridized carbons (Fsp3) is 0.286. The van der Waals surface area contributed by atoms with Gasteiger partial charge in [0.2, 0.25) is 0 Å². The van der Waals surface area contributed by atoms with Crippen molar-refractivity contribution in [2.45, 2.75) is 27.7 Å². The lowest BCUT2D eigenvalue weighted by Crippen LogP contribution is -2.29. The van der Waals surface area contributed by atoms with Gasteiger partial charge in [0.25, 0.3) is 5.91 Å². The molecule has 1 heterocycles. The first kappa shape index (κ1) is 18.6. The third-order valence-corrected chi connectivity index (χ3v) is 4.43. The van der Waals surface area contributed by atoms with E-state index in [9.17, 15) is 4.79 Å². The minimum Gasteiger partial charge on any atom is -0.491 e. The standard InChI is InChI=1S/C21H24N4O2/c1-14-8-10-18(11-9-14)25-17(4)19(23-24-25)21(26)22-12-13-27-20-15(2)6-5-7-16(20)3/h5-11H,12-13H2,1-4H3,(H,22,26). The highest BCUT2D eigenvalue weighted by molar-refractivity contribution is 5.93. The lowest BCUT2D eigenvalue weighted by atomic mass is 10.1. The maximum Gasteiger partial charge on any atom is 0.273 e. The van der Waals surface area contributed by atoms with Crippen LogP contribution in [0.15, 0.2) is 42.5 Å². The highest BCUT2D eigenvalue weighted by Crippen LogP contribution is 2.22. The van der Waals surface area contributed by atoms with E-state index in [1.54, 1.807) is 4.68 Å². The lowest BCUT2D eigenvalue weighted by molar-refractivity contribution is 0.0941. The van der Waals surface area contributed by atoms with E-state index in [1.165, 1.54) is 5.56 Å². The van der Waals surface area contributed by atoms with E-state index in [4.69, 9.17) is 4.74 Å². The van der Waals surface area contributed by atoms with Gasteiger partial charge in [0, 0.05) is 0 Å². The summed E-state index contributed by atoms with van der Waals surface area (Å²) in [7, 11) is 0. The Balaban J connectivity index is 1.59. The summed E-state index contributed by atoms with van der Waals surface area (Å²) in [5, 5.41) is 11.0. The van der Waals surface area contributed by atoms with Gasteiger partial charge >= 0.3 is 0 Å². The molecular formula is C21H24N4O2. The van der Waals surface area contributed by atoms with Crippen LogP contribution in [0.25, 0.3) is 5.69 Å². The number of hydrogen-bond donors (Lipinski definition) is 1. The number of nitrogens with zero attached hydrogens (tertiary/aromatic N) is 3. The second kappa shape index (κ2) is 8.03. The highest BCUT2D eigenvalue weighted by Gasteiger charge is 2.17. The zero-order chi connectivity index (χ0) is 19.4. The fourth-order valence-electron chi connectivity index (χ4n) is 2.90. The van der Waals surface area contributed by atoms with Crippen LogP contribution < -0.4 is 10.1 Å². The number of ether oxygens (including phenoxy) is 1. The molecule has 27 heavy (non-hydrogen) atoms. The summed E-state index contributed by atoms with van der Waals surface area (Å²) in [6.07, 6.45) is 0. The molecule has 0 aliphatic carbocycles. The minimum atomic E-state index is -0.254. The second-order valence-corrected chi connectivity index (χ2v) is 6.60. The molecule has 140 valence electrons. The molecular weight excluding hydrogens is 340 g/mol. The topological polar surface area (TPSA) is 69.0 Å². The maximum atomic E-state index is 12.4. The molecule has 0 radical (unpaired) electrons. The molecule has 0 unspecified atom stereocenters. The third kappa shape index (κ3) is 4.16. The number of nitrogens with one attached hydrogen (secondary N) is 1. The van der Waals surface area contributed by atoms with Gasteiger partial charge in [0.05, 0.1) is 17.9 Å². The Morgan fingerprint density at radius 2 is 1.70 bits per heavy atom. The van der Waals surface area contributed by atoms with Crippen LogP contribution in [0.4, 0.5) is 0 Å². The van der Waals surface area contributed by atoms with Gasteiger partial charge in [-0.2, -0.15) is 0 Å². The van der Waals surface area contributed by atoms with Gasteiger partial charge in [-0.1, -0.05) is 41.1 Å². The summed E-state index contributed by atoms with van der Waals surface area (Å²) < 4.78 is 7.48. The van der Waals surface area contributed by atoms with Crippen LogP contribution in [0.3, 0.4) is 0 Å². The molecule has 1 aromatic heterocycles. The molecule has 2 aromatic carbocycles. The summed E-state index contributed by atoms with van der Waals surface area (Å²) >= 11 is 0. The largest absolute Gasteiger partial charge is 0.491 e. The number of carbonyl (C=O) groups excluding carboxylic acids is 1. The van der Waals surface area contributed by atoms with Gasteiger partial charge in [-0.3, -0.25) is 4.79 Å². The second-order valence-electron chi connectivity index (χ2n) is 6.60. The van der Waals surface area contributed by atoms with E-state index in [2.05, 4.69) is 15.6 Å². The van der Waals surface area contributed by atoms with Crippen molar-refractivity contribution in [3.63, 3.8) is 0 Å². The summed E-state index contributed by atoms with van der Waals surface area (Å²) in [5.74, 6) is 0.615. The van der Waals surface area contributed by atoms with Gasteiger partial charge < -0.3 is 10.1 Å². The molecule has 0 atom stereocenters. The lowest BCUT2D eigenvalue weighted by Gasteiger charge is -2.12. The first-order valence-electron chi connectivity index (χ1n) is 8.94. The van der Waals surface area contributed by atoms with Crippen molar-refractivity contribution in [3.8, 4) is 11.4 Å². The Morgan fingerprint density at radius 1 is 1.04 bits per heavy atom. The third-order valence-electron chi connectivity index (χ3n) is 4.43. The molecule has 3 aromatic rings. The normalized spacial score (nSPS) is 10.7. The first-order valence-corrected chi connectivity index (χ1v) is 8.94. The molecule has 6 nitrogen and oxygen atoms in total. The van der Waals surface area contributed by atoms with Crippen LogP contribution >= 0.6 is 0 Å². The maximum absolute atomic E-state index is 12.4. The van der Waals surface area contributed by atoms with E-state index < -0.39 is 0 Å². The fourth-order valence-corrected chi connectivity index (χ4v) is 2.90. The van der Waals surface area contributed by atoms with Crippen molar-refractivity contribution in [1.29, 1.82) is 0 Å². The first-order chi connectivity index (χ1) is 13.0. The number of aryl methyl sites for hydroxylation is 3. The average Bonchev–Trinajstić information content (AvgIpc) is 3.03. The highest BCUT2D eigenvalue weighted by atomic mass is 16.5. The average molecular weight is 364 g/mol. The number of aromatic nitrogens is 3. The van der Waals surface area contributed by atoms with Crippen molar-refractivity contribution >= 4 is 5.91 Å². The summed E-state index contributed by atoms with van der Waals surface area (Å²) in [6, 6.07) is 13.9. The van der Waals surface area contributed by atoms with E-state index in [-0.39, 0.29) is 5.91 Å². The van der Waals surface area contributed by atoms with Crippen molar-refractivity contribution in [2.24, 2.45) is 0 Å². The molecule has 0 spiro atoms. The summed E-state index contributed by atoms with van der Waals surface area (Å²) in [5.41, 5.74) is 5.23. The molecule has 0 aliphatic heterocycles. The van der Waals surface area contributed by atoms with E-state index >= 15 is 0 Å². The number of benzene rings is 2. The summed E-state index contributed by atoms with van der Waals surface area (Å²) in [4.78, 5) is 12.4. The molecule has 0 saturated heterocycles. The Hall–Kier alpha value is -3.15. The number of hydrogen-bond acceptors (Lipinski definition) is 4. The quantitative estimate of drug-likeness (QED) is 0.682. The Morgan fingerprint density at radius 3 is 2.37 bits per heavy atom. The van der Waals surface area contributed by atoms with Crippen molar-refractivity contribution in [1.82, 2.24) is 20.3 Å². The molecule has 0 fully saturated rings. The Kier molecular flexibility index (Phi) is 5.54. The van der Waals surface area contributed by atoms with Gasteiger partial charge in [-0.15, -0.1) is 5.10 Å². The molecule has 1 amide bonds. The van der Waals surface area contributed by atoms with Crippen LogP contribution in [0.1, 0.15) is 32.9 Å². The molecule has 0 bridgehead atoms. The molecule has 3 rings (SSSR count). The van der Waals surface area contributed by atoms with E-state index in [1.807, 2.05) is 70.2 Å². The monoisotopic (exact) mass is 364 g/mol. The number of carbonyl (C=O) groups is 1. The van der Waals surface area contributed by atoms with E-state index in [0.29, 0.717) is 24.5 Å². The van der Waals surface area contributed by atoms with Crippen molar-refractivity contribution in [3.05, 3.63) is 70.5 Å². The number of rotatable bonds is 6. The van der Waals surface area contributed by atoms with Gasteiger partial charge in [-0.05, 0) is 51.0 Å². The van der Waals surface area contributed by atoms with Crippen molar-refractivity contribution in [2.75, 3.05) is 13.2 Å². The van der Waals surface area contributed by atoms with Crippen molar-refractivity contribution < 1.29 is 9.53 Å². The Bertz CT molecular complexity index is 925. The van der Waals surface area contributed by atoms with Gasteiger partial charge in [-0.25, -0.2) is 4.68 Å². The minimum absolute atomic E-state index is 0.254. The number of para-hydroxylation sites is 1. The predicted octanol–water partition coefficient (Wildman–Crippen LogP) is 3.31. The van der Waals surface area contributed by atoms with Gasteiger partial charge in [0.1, 0.15) is 12.4 Å². The smallest absolute Gasteiger partial charge is 0.273 e. The zero-order valence-electron chi connectivity index (χ0n) is 16.1. The van der Waals surface area contributed by atoms with Gasteiger partial charge in [0.15, 0.2) is 5.69 Å². The van der Waals surface area contributed by atoms with Crippen LogP contribution in [0, 0.1) is 27.7 Å².